The van der Waals surface area contributed by atoms with E-state index in [1.165, 1.54) is 57.2 Å². The Hall–Kier alpha value is -1.84. The zero-order valence-corrected chi connectivity index (χ0v) is 15.5. The van der Waals surface area contributed by atoms with Crippen LogP contribution in [0.1, 0.15) is 82.0 Å². The molecule has 4 heteroatoms. The van der Waals surface area contributed by atoms with Crippen LogP contribution in [0.4, 0.5) is 0 Å². The van der Waals surface area contributed by atoms with Crippen molar-refractivity contribution in [3.05, 3.63) is 30.1 Å². The van der Waals surface area contributed by atoms with Gasteiger partial charge in [0.05, 0.1) is 11.0 Å². The predicted octanol–water partition coefficient (Wildman–Crippen LogP) is 4.70. The highest BCUT2D eigenvalue weighted by Crippen LogP contribution is 2.44. The first-order valence-electron chi connectivity index (χ1n) is 10.6. The lowest BCUT2D eigenvalue weighted by molar-refractivity contribution is -0.125. The molecule has 1 N–H and O–H groups in total. The summed E-state index contributed by atoms with van der Waals surface area (Å²) in [5, 5.41) is 3.38. The van der Waals surface area contributed by atoms with Crippen LogP contribution in [-0.4, -0.2) is 21.5 Å². The van der Waals surface area contributed by atoms with Gasteiger partial charge in [0.15, 0.2) is 0 Å². The third kappa shape index (κ3) is 2.93. The molecule has 3 aliphatic carbocycles. The second-order valence-corrected chi connectivity index (χ2v) is 8.58. The molecule has 1 atom stereocenters. The van der Waals surface area contributed by atoms with Crippen molar-refractivity contribution < 1.29 is 4.79 Å². The van der Waals surface area contributed by atoms with Gasteiger partial charge < -0.3 is 9.88 Å². The number of amides is 1. The van der Waals surface area contributed by atoms with Crippen LogP contribution in [0.2, 0.25) is 0 Å². The number of hydrogen-bond donors (Lipinski definition) is 1. The smallest absolute Gasteiger partial charge is 0.243 e. The van der Waals surface area contributed by atoms with Gasteiger partial charge in [0, 0.05) is 12.0 Å². The molecule has 0 saturated heterocycles. The Bertz CT molecular complexity index is 795. The largest absolute Gasteiger partial charge is 0.352 e. The third-order valence-electron chi connectivity index (χ3n) is 6.66. The molecule has 0 bridgehead atoms. The summed E-state index contributed by atoms with van der Waals surface area (Å²) in [6.07, 6.45) is 12.1. The Labute approximate surface area is 155 Å². The number of fused-ring (bicyclic) bond motifs is 1. The van der Waals surface area contributed by atoms with Crippen molar-refractivity contribution >= 4 is 16.9 Å². The molecule has 138 valence electrons. The van der Waals surface area contributed by atoms with Gasteiger partial charge in [-0.25, -0.2) is 4.98 Å². The number of nitrogens with zero attached hydrogens (tertiary/aromatic N) is 2. The fourth-order valence-corrected chi connectivity index (χ4v) is 5.14. The van der Waals surface area contributed by atoms with E-state index in [-0.39, 0.29) is 11.9 Å². The van der Waals surface area contributed by atoms with Gasteiger partial charge in [-0.3, -0.25) is 4.79 Å². The van der Waals surface area contributed by atoms with E-state index in [4.69, 9.17) is 4.98 Å². The van der Waals surface area contributed by atoms with Crippen molar-refractivity contribution in [2.75, 3.05) is 0 Å². The molecule has 1 amide bonds. The van der Waals surface area contributed by atoms with Gasteiger partial charge in [0.1, 0.15) is 11.9 Å². The number of rotatable bonds is 5. The van der Waals surface area contributed by atoms with Crippen LogP contribution in [0.5, 0.6) is 0 Å². The Morgan fingerprint density at radius 2 is 1.69 bits per heavy atom. The molecular weight excluding hydrogens is 322 g/mol. The van der Waals surface area contributed by atoms with Gasteiger partial charge in [-0.1, -0.05) is 37.8 Å². The second kappa shape index (κ2) is 6.71. The van der Waals surface area contributed by atoms with Gasteiger partial charge in [0.25, 0.3) is 0 Å². The summed E-state index contributed by atoms with van der Waals surface area (Å²) >= 11 is 0. The molecule has 3 saturated carbocycles. The first kappa shape index (κ1) is 16.3. The van der Waals surface area contributed by atoms with Crippen molar-refractivity contribution in [3.63, 3.8) is 0 Å². The minimum absolute atomic E-state index is 0.0707. The van der Waals surface area contributed by atoms with Crippen molar-refractivity contribution in [1.82, 2.24) is 14.9 Å². The first-order chi connectivity index (χ1) is 12.8. The van der Waals surface area contributed by atoms with Crippen molar-refractivity contribution in [2.45, 2.75) is 82.2 Å². The molecule has 1 aromatic heterocycles. The van der Waals surface area contributed by atoms with E-state index in [2.05, 4.69) is 34.1 Å². The molecular formula is C22H29N3O. The van der Waals surface area contributed by atoms with Crippen LogP contribution in [0.3, 0.4) is 0 Å². The van der Waals surface area contributed by atoms with Crippen molar-refractivity contribution in [3.8, 4) is 0 Å². The molecule has 5 rings (SSSR count). The number of hydrogen-bond acceptors (Lipinski definition) is 2. The Morgan fingerprint density at radius 1 is 1.00 bits per heavy atom. The van der Waals surface area contributed by atoms with Crippen LogP contribution in [0.25, 0.3) is 11.0 Å². The van der Waals surface area contributed by atoms with E-state index in [0.29, 0.717) is 17.9 Å². The van der Waals surface area contributed by atoms with Crippen molar-refractivity contribution in [2.24, 2.45) is 5.92 Å². The Morgan fingerprint density at radius 3 is 2.42 bits per heavy atom. The van der Waals surface area contributed by atoms with Crippen molar-refractivity contribution in [1.29, 1.82) is 0 Å². The second-order valence-electron chi connectivity index (χ2n) is 8.58. The lowest BCUT2D eigenvalue weighted by Gasteiger charge is -2.25. The molecule has 26 heavy (non-hydrogen) atoms. The topological polar surface area (TPSA) is 46.9 Å². The molecule has 4 nitrogen and oxygen atoms in total. The molecule has 1 heterocycles. The molecule has 0 spiro atoms. The maximum absolute atomic E-state index is 13.3. The lowest BCUT2D eigenvalue weighted by Crippen LogP contribution is -2.39. The maximum atomic E-state index is 13.3. The molecule has 3 aliphatic rings. The van der Waals surface area contributed by atoms with E-state index in [1.807, 2.05) is 0 Å². The third-order valence-corrected chi connectivity index (χ3v) is 6.66. The summed E-state index contributed by atoms with van der Waals surface area (Å²) in [5.41, 5.74) is 2.20. The van der Waals surface area contributed by atoms with Crippen LogP contribution in [-0.2, 0) is 4.79 Å². The van der Waals surface area contributed by atoms with Gasteiger partial charge >= 0.3 is 0 Å². The van der Waals surface area contributed by atoms with E-state index < -0.39 is 0 Å². The van der Waals surface area contributed by atoms with E-state index in [9.17, 15) is 4.79 Å². The van der Waals surface area contributed by atoms with Gasteiger partial charge in [-0.2, -0.15) is 0 Å². The highest BCUT2D eigenvalue weighted by molar-refractivity contribution is 5.85. The first-order valence-corrected chi connectivity index (χ1v) is 10.6. The molecule has 1 unspecified atom stereocenters. The standard InChI is InChI=1S/C22H29N3O/c26-22(23-17-9-3-4-10-17)20(15-13-14-15)25-19-12-6-5-11-18(19)24-21(25)16-7-1-2-8-16/h5-6,11-12,15-17,20H,1-4,7-10,13-14H2,(H,23,26). The van der Waals surface area contributed by atoms with Crippen LogP contribution < -0.4 is 5.32 Å². The number of aromatic nitrogens is 2. The normalized spacial score (nSPS) is 22.9. The average Bonchev–Trinajstić information content (AvgIpc) is 3.07. The summed E-state index contributed by atoms with van der Waals surface area (Å²) in [6, 6.07) is 8.70. The van der Waals surface area contributed by atoms with Gasteiger partial charge in [0.2, 0.25) is 5.91 Å². The summed E-state index contributed by atoms with van der Waals surface area (Å²) < 4.78 is 2.34. The maximum Gasteiger partial charge on any atom is 0.243 e. The monoisotopic (exact) mass is 351 g/mol. The van der Waals surface area contributed by atoms with Crippen LogP contribution in [0, 0.1) is 5.92 Å². The van der Waals surface area contributed by atoms with Gasteiger partial charge in [-0.05, 0) is 56.6 Å². The minimum atomic E-state index is -0.0707. The van der Waals surface area contributed by atoms with E-state index in [1.54, 1.807) is 0 Å². The zero-order valence-electron chi connectivity index (χ0n) is 15.5. The Balaban J connectivity index is 1.55. The van der Waals surface area contributed by atoms with E-state index >= 15 is 0 Å². The summed E-state index contributed by atoms with van der Waals surface area (Å²) in [5.74, 6) is 2.40. The van der Waals surface area contributed by atoms with E-state index in [0.717, 1.165) is 23.9 Å². The number of carbonyl (C=O) groups excluding carboxylic acids is 1. The number of benzene rings is 1. The fourth-order valence-electron chi connectivity index (χ4n) is 5.14. The van der Waals surface area contributed by atoms with Crippen LogP contribution in [0.15, 0.2) is 24.3 Å². The van der Waals surface area contributed by atoms with Crippen LogP contribution >= 0.6 is 0 Å². The number of carbonyl (C=O) groups is 1. The number of para-hydroxylation sites is 2. The highest BCUT2D eigenvalue weighted by Gasteiger charge is 2.41. The Kier molecular flexibility index (Phi) is 4.22. The summed E-state index contributed by atoms with van der Waals surface area (Å²) in [7, 11) is 0. The fraction of sp³-hybridized carbons (Fsp3) is 0.636. The summed E-state index contributed by atoms with van der Waals surface area (Å²) in [4.78, 5) is 18.4. The highest BCUT2D eigenvalue weighted by atomic mass is 16.2. The number of nitrogens with one attached hydrogen (secondary N) is 1. The molecule has 3 fully saturated rings. The van der Waals surface area contributed by atoms with Gasteiger partial charge in [-0.15, -0.1) is 0 Å². The minimum Gasteiger partial charge on any atom is -0.352 e. The molecule has 0 radical (unpaired) electrons. The zero-order chi connectivity index (χ0) is 17.5. The average molecular weight is 351 g/mol. The summed E-state index contributed by atoms with van der Waals surface area (Å²) in [6.45, 7) is 0. The number of imidazole rings is 1. The molecule has 2 aromatic rings. The molecule has 0 aliphatic heterocycles. The SMILES string of the molecule is O=C(NC1CCCC1)C(C1CC1)n1c(C2CCCC2)nc2ccccc21. The lowest BCUT2D eigenvalue weighted by atomic mass is 10.0. The quantitative estimate of drug-likeness (QED) is 0.848. The predicted molar refractivity (Wildman–Crippen MR) is 103 cm³/mol. The molecule has 1 aromatic carbocycles.